The second-order valence-electron chi connectivity index (χ2n) is 7.28. The van der Waals surface area contributed by atoms with Crippen molar-refractivity contribution >= 4 is 25.5 Å². The van der Waals surface area contributed by atoms with Gasteiger partial charge >= 0.3 is 0 Å². The second-order valence-corrected chi connectivity index (χ2v) is 11.7. The first kappa shape index (κ1) is 21.1. The fraction of sp³-hybridized carbons (Fsp3) is 0.611. The second kappa shape index (κ2) is 8.00. The number of rotatable bonds is 7. The molecule has 2 aliphatic heterocycles. The molecule has 2 heterocycles. The molecule has 10 heteroatoms. The van der Waals surface area contributed by atoms with Gasteiger partial charge in [0.2, 0.25) is 0 Å². The van der Waals surface area contributed by atoms with Crippen LogP contribution in [-0.4, -0.2) is 83.4 Å². The summed E-state index contributed by atoms with van der Waals surface area (Å²) < 4.78 is 58.2. The first-order valence-electron chi connectivity index (χ1n) is 9.06. The van der Waals surface area contributed by atoms with E-state index >= 15 is 0 Å². The molecule has 0 saturated carbocycles. The van der Waals surface area contributed by atoms with Crippen molar-refractivity contribution in [1.82, 2.24) is 4.90 Å². The molecule has 2 aliphatic rings. The minimum absolute atomic E-state index is 0.0319. The zero-order chi connectivity index (χ0) is 20.5. The van der Waals surface area contributed by atoms with Crippen LogP contribution < -0.4 is 9.47 Å². The number of hydrogen-bond donors (Lipinski definition) is 0. The molecule has 156 valence electrons. The van der Waals surface area contributed by atoms with E-state index in [4.69, 9.17) is 9.47 Å². The van der Waals surface area contributed by atoms with Crippen LogP contribution in [0.15, 0.2) is 18.2 Å². The van der Waals surface area contributed by atoms with Crippen LogP contribution in [0.3, 0.4) is 0 Å². The summed E-state index contributed by atoms with van der Waals surface area (Å²) in [6.07, 6.45) is 0.830. The summed E-state index contributed by atoms with van der Waals surface area (Å²) in [5.74, 6) is 0.767. The quantitative estimate of drug-likeness (QED) is 0.577. The number of carbonyl (C=O) groups excluding carboxylic acids is 1. The molecule has 8 nitrogen and oxygen atoms in total. The maximum absolute atomic E-state index is 12.9. The average molecular weight is 432 g/mol. The SMILES string of the molecule is COc1ccc(C(=O)CN([C@H]2CCS(=O)(=O)C2)[C@H]2CCS(=O)(=O)C2)cc1OC. The van der Waals surface area contributed by atoms with Gasteiger partial charge in [-0.05, 0) is 31.0 Å². The predicted octanol–water partition coefficient (Wildman–Crippen LogP) is 0.563. The monoisotopic (exact) mass is 431 g/mol. The van der Waals surface area contributed by atoms with E-state index in [-0.39, 0.29) is 47.4 Å². The van der Waals surface area contributed by atoms with Gasteiger partial charge in [0.1, 0.15) is 0 Å². The van der Waals surface area contributed by atoms with Gasteiger partial charge in [-0.25, -0.2) is 16.8 Å². The molecule has 2 atom stereocenters. The molecule has 2 fully saturated rings. The number of Topliss-reactive ketones (excluding diaryl/α,β-unsaturated/α-hetero) is 1. The van der Waals surface area contributed by atoms with Gasteiger partial charge in [0.25, 0.3) is 0 Å². The summed E-state index contributed by atoms with van der Waals surface area (Å²) in [7, 11) is -3.34. The number of hydrogen-bond acceptors (Lipinski definition) is 8. The largest absolute Gasteiger partial charge is 0.493 e. The number of sulfone groups is 2. The number of ether oxygens (including phenoxy) is 2. The molecule has 28 heavy (non-hydrogen) atoms. The van der Waals surface area contributed by atoms with E-state index in [9.17, 15) is 21.6 Å². The lowest BCUT2D eigenvalue weighted by Gasteiger charge is -2.32. The molecule has 3 rings (SSSR count). The van der Waals surface area contributed by atoms with Crippen LogP contribution in [0.4, 0.5) is 0 Å². The van der Waals surface area contributed by atoms with Crippen molar-refractivity contribution in [2.24, 2.45) is 0 Å². The van der Waals surface area contributed by atoms with E-state index in [0.717, 1.165) is 0 Å². The number of carbonyl (C=O) groups is 1. The zero-order valence-electron chi connectivity index (χ0n) is 16.0. The van der Waals surface area contributed by atoms with Crippen molar-refractivity contribution < 1.29 is 31.1 Å². The fourth-order valence-corrected chi connectivity index (χ4v) is 7.38. The van der Waals surface area contributed by atoms with E-state index in [1.54, 1.807) is 23.1 Å². The van der Waals surface area contributed by atoms with Crippen molar-refractivity contribution in [2.45, 2.75) is 24.9 Å². The van der Waals surface area contributed by atoms with Crippen molar-refractivity contribution in [3.63, 3.8) is 0 Å². The smallest absolute Gasteiger partial charge is 0.176 e. The molecule has 2 saturated heterocycles. The van der Waals surface area contributed by atoms with E-state index in [1.165, 1.54) is 14.2 Å². The Balaban J connectivity index is 1.84. The average Bonchev–Trinajstić information content (AvgIpc) is 3.19. The maximum Gasteiger partial charge on any atom is 0.176 e. The minimum Gasteiger partial charge on any atom is -0.493 e. The fourth-order valence-electron chi connectivity index (χ4n) is 3.90. The molecule has 0 aromatic heterocycles. The van der Waals surface area contributed by atoms with Crippen LogP contribution in [0.1, 0.15) is 23.2 Å². The minimum atomic E-state index is -3.16. The molecule has 1 aromatic carbocycles. The highest BCUT2D eigenvalue weighted by molar-refractivity contribution is 7.92. The molecule has 1 aromatic rings. The summed E-state index contributed by atoms with van der Waals surface area (Å²) in [6, 6.07) is 4.16. The summed E-state index contributed by atoms with van der Waals surface area (Å²) in [5, 5.41) is 0. The normalized spacial score (nSPS) is 25.7. The summed E-state index contributed by atoms with van der Waals surface area (Å²) in [6.45, 7) is -0.0319. The first-order chi connectivity index (χ1) is 13.1. The first-order valence-corrected chi connectivity index (χ1v) is 12.7. The third-order valence-corrected chi connectivity index (χ3v) is 8.89. The summed E-state index contributed by atoms with van der Waals surface area (Å²) >= 11 is 0. The summed E-state index contributed by atoms with van der Waals surface area (Å²) in [5.41, 5.74) is 0.407. The highest BCUT2D eigenvalue weighted by atomic mass is 32.2. The van der Waals surface area contributed by atoms with E-state index in [0.29, 0.717) is 29.9 Å². The van der Waals surface area contributed by atoms with Crippen LogP contribution in [0.25, 0.3) is 0 Å². The van der Waals surface area contributed by atoms with Crippen molar-refractivity contribution in [1.29, 1.82) is 0 Å². The molecule has 0 aliphatic carbocycles. The Bertz CT molecular complexity index is 912. The molecule has 0 bridgehead atoms. The van der Waals surface area contributed by atoms with Gasteiger partial charge in [0.05, 0.1) is 43.8 Å². The standard InChI is InChI=1S/C18H25NO7S2/c1-25-17-4-3-13(9-18(17)26-2)16(20)10-19(14-5-7-27(21,22)11-14)15-6-8-28(23,24)12-15/h3-4,9,14-15H,5-8,10-12H2,1-2H3/t14-,15-/m0/s1. The topological polar surface area (TPSA) is 107 Å². The zero-order valence-corrected chi connectivity index (χ0v) is 17.6. The lowest BCUT2D eigenvalue weighted by molar-refractivity contribution is 0.0850. The van der Waals surface area contributed by atoms with Crippen molar-refractivity contribution in [3.8, 4) is 11.5 Å². The van der Waals surface area contributed by atoms with E-state index < -0.39 is 19.7 Å². The Labute approximate surface area is 165 Å². The summed E-state index contributed by atoms with van der Waals surface area (Å²) in [4.78, 5) is 14.7. The number of ketones is 1. The molecule has 0 radical (unpaired) electrons. The van der Waals surface area contributed by atoms with Gasteiger partial charge in [0, 0.05) is 17.6 Å². The number of methoxy groups -OCH3 is 2. The van der Waals surface area contributed by atoms with Crippen LogP contribution in [0, 0.1) is 0 Å². The number of benzene rings is 1. The van der Waals surface area contributed by atoms with Crippen LogP contribution in [0.5, 0.6) is 11.5 Å². The molecule has 0 amide bonds. The lowest BCUT2D eigenvalue weighted by Crippen LogP contribution is -2.47. The third-order valence-electron chi connectivity index (χ3n) is 5.39. The highest BCUT2D eigenvalue weighted by Crippen LogP contribution is 2.29. The van der Waals surface area contributed by atoms with Crippen molar-refractivity contribution in [3.05, 3.63) is 23.8 Å². The Hall–Kier alpha value is -1.65. The Morgan fingerprint density at radius 3 is 1.93 bits per heavy atom. The van der Waals surface area contributed by atoms with Crippen molar-refractivity contribution in [2.75, 3.05) is 43.8 Å². The molecular weight excluding hydrogens is 406 g/mol. The van der Waals surface area contributed by atoms with Gasteiger partial charge in [-0.3, -0.25) is 9.69 Å². The van der Waals surface area contributed by atoms with Gasteiger partial charge in [-0.2, -0.15) is 0 Å². The van der Waals surface area contributed by atoms with Gasteiger partial charge in [-0.15, -0.1) is 0 Å². The third kappa shape index (κ3) is 4.66. The lowest BCUT2D eigenvalue weighted by atomic mass is 10.1. The highest BCUT2D eigenvalue weighted by Gasteiger charge is 2.40. The van der Waals surface area contributed by atoms with Crippen LogP contribution >= 0.6 is 0 Å². The molecule has 0 unspecified atom stereocenters. The van der Waals surface area contributed by atoms with Gasteiger partial charge in [0.15, 0.2) is 37.0 Å². The van der Waals surface area contributed by atoms with Gasteiger partial charge < -0.3 is 9.47 Å². The van der Waals surface area contributed by atoms with Gasteiger partial charge in [-0.1, -0.05) is 0 Å². The number of nitrogens with zero attached hydrogens (tertiary/aromatic N) is 1. The molecule has 0 spiro atoms. The predicted molar refractivity (Wildman–Crippen MR) is 105 cm³/mol. The van der Waals surface area contributed by atoms with Crippen LogP contribution in [0.2, 0.25) is 0 Å². The molecule has 0 N–H and O–H groups in total. The molecular formula is C18H25NO7S2. The maximum atomic E-state index is 12.9. The Morgan fingerprint density at radius 2 is 1.50 bits per heavy atom. The Morgan fingerprint density at radius 1 is 0.964 bits per heavy atom. The Kier molecular flexibility index (Phi) is 6.02. The van der Waals surface area contributed by atoms with E-state index in [2.05, 4.69) is 0 Å². The van der Waals surface area contributed by atoms with E-state index in [1.807, 2.05) is 0 Å². The van der Waals surface area contributed by atoms with Crippen LogP contribution in [-0.2, 0) is 19.7 Å².